The molecule has 4 heteroatoms. The van der Waals surface area contributed by atoms with E-state index in [4.69, 9.17) is 5.11 Å². The van der Waals surface area contributed by atoms with Crippen LogP contribution in [0.3, 0.4) is 0 Å². The highest BCUT2D eigenvalue weighted by Crippen LogP contribution is 2.20. The first-order valence-electron chi connectivity index (χ1n) is 6.33. The number of carbonyl (C=O) groups excluding carboxylic acids is 1. The van der Waals surface area contributed by atoms with Crippen molar-refractivity contribution in [1.29, 1.82) is 0 Å². The summed E-state index contributed by atoms with van der Waals surface area (Å²) in [4.78, 5) is 21.7. The summed E-state index contributed by atoms with van der Waals surface area (Å²) in [7, 11) is 0. The van der Waals surface area contributed by atoms with E-state index in [-0.39, 0.29) is 5.91 Å². The number of hydrogen-bond acceptors (Lipinski definition) is 2. The van der Waals surface area contributed by atoms with Crippen molar-refractivity contribution in [1.82, 2.24) is 0 Å². The van der Waals surface area contributed by atoms with Crippen molar-refractivity contribution in [3.63, 3.8) is 0 Å². The van der Waals surface area contributed by atoms with Gasteiger partial charge in [-0.1, -0.05) is 17.7 Å². The molecule has 0 unspecified atom stereocenters. The second kappa shape index (κ2) is 7.28. The number of amides is 1. The van der Waals surface area contributed by atoms with Crippen LogP contribution in [0.15, 0.2) is 35.9 Å². The molecule has 0 saturated heterocycles. The maximum absolute atomic E-state index is 11.2. The molecule has 0 aliphatic heterocycles. The first-order chi connectivity index (χ1) is 9.38. The van der Waals surface area contributed by atoms with Gasteiger partial charge >= 0.3 is 5.97 Å². The van der Waals surface area contributed by atoms with Crippen molar-refractivity contribution in [2.75, 3.05) is 5.32 Å². The number of carboxylic acid groups (broad SMARTS) is 1. The molecule has 0 aliphatic rings. The lowest BCUT2D eigenvalue weighted by molar-refractivity contribution is -0.131. The molecule has 0 saturated carbocycles. The zero-order valence-corrected chi connectivity index (χ0v) is 11.9. The molecule has 106 valence electrons. The van der Waals surface area contributed by atoms with Gasteiger partial charge in [0, 0.05) is 18.7 Å². The molecular weight excluding hydrogens is 254 g/mol. The monoisotopic (exact) mass is 273 g/mol. The number of carboxylic acids is 1. The summed E-state index contributed by atoms with van der Waals surface area (Å²) in [6.45, 7) is 5.47. The lowest BCUT2D eigenvalue weighted by Gasteiger charge is -2.10. The van der Waals surface area contributed by atoms with Crippen molar-refractivity contribution in [3.8, 4) is 0 Å². The Morgan fingerprint density at radius 1 is 1.25 bits per heavy atom. The van der Waals surface area contributed by atoms with Crippen LogP contribution in [-0.4, -0.2) is 17.0 Å². The molecular formula is C16H19NO3. The molecule has 20 heavy (non-hydrogen) atoms. The Balaban J connectivity index is 3.10. The number of aliphatic carboxylic acids is 1. The fourth-order valence-corrected chi connectivity index (χ4v) is 1.68. The third-order valence-corrected chi connectivity index (χ3v) is 2.59. The van der Waals surface area contributed by atoms with E-state index in [1.54, 1.807) is 12.1 Å². The molecule has 0 fully saturated rings. The second-order valence-electron chi connectivity index (χ2n) is 4.75. The van der Waals surface area contributed by atoms with Gasteiger partial charge in [0.25, 0.3) is 0 Å². The minimum Gasteiger partial charge on any atom is -0.478 e. The van der Waals surface area contributed by atoms with Crippen molar-refractivity contribution >= 4 is 23.6 Å². The average molecular weight is 273 g/mol. The first kappa shape index (κ1) is 15.7. The smallest absolute Gasteiger partial charge is 0.328 e. The number of carbonyl (C=O) groups is 2. The van der Waals surface area contributed by atoms with E-state index in [2.05, 4.69) is 11.4 Å². The van der Waals surface area contributed by atoms with Crippen molar-refractivity contribution in [2.24, 2.45) is 0 Å². The summed E-state index contributed by atoms with van der Waals surface area (Å²) < 4.78 is 0. The first-order valence-corrected chi connectivity index (χ1v) is 6.33. The summed E-state index contributed by atoms with van der Waals surface area (Å²) in [6.07, 6.45) is 5.38. The predicted molar refractivity (Wildman–Crippen MR) is 80.6 cm³/mol. The number of anilines is 1. The van der Waals surface area contributed by atoms with Crippen LogP contribution in [0.4, 0.5) is 5.69 Å². The standard InChI is InChI=1S/C16H19NO3/c1-11(2)4-7-14-10-13(6-9-16(19)20)5-8-15(14)17-12(3)18/h4-6,8-10H,7H2,1-3H3,(H,17,18)(H,19,20)/b9-6+. The van der Waals surface area contributed by atoms with E-state index >= 15 is 0 Å². The third kappa shape index (κ3) is 5.52. The summed E-state index contributed by atoms with van der Waals surface area (Å²) in [5.41, 5.74) is 3.68. The maximum atomic E-state index is 11.2. The zero-order chi connectivity index (χ0) is 15.1. The Kier molecular flexibility index (Phi) is 5.72. The van der Waals surface area contributed by atoms with Gasteiger partial charge in [-0.3, -0.25) is 4.79 Å². The average Bonchev–Trinajstić information content (AvgIpc) is 2.35. The summed E-state index contributed by atoms with van der Waals surface area (Å²) in [5, 5.41) is 11.4. The van der Waals surface area contributed by atoms with Gasteiger partial charge in [0.1, 0.15) is 0 Å². The van der Waals surface area contributed by atoms with E-state index in [1.165, 1.54) is 18.6 Å². The molecule has 0 radical (unpaired) electrons. The van der Waals surface area contributed by atoms with Crippen LogP contribution in [0.25, 0.3) is 6.08 Å². The molecule has 0 spiro atoms. The quantitative estimate of drug-likeness (QED) is 0.639. The topological polar surface area (TPSA) is 66.4 Å². The Morgan fingerprint density at radius 2 is 1.95 bits per heavy atom. The highest BCUT2D eigenvalue weighted by Gasteiger charge is 2.04. The van der Waals surface area contributed by atoms with Gasteiger partial charge in [-0.2, -0.15) is 0 Å². The number of hydrogen-bond donors (Lipinski definition) is 2. The van der Waals surface area contributed by atoms with Crippen LogP contribution in [0.1, 0.15) is 31.9 Å². The molecule has 1 amide bonds. The van der Waals surface area contributed by atoms with Crippen molar-refractivity contribution < 1.29 is 14.7 Å². The molecule has 1 rings (SSSR count). The van der Waals surface area contributed by atoms with Gasteiger partial charge in [-0.05, 0) is 49.6 Å². The highest BCUT2D eigenvalue weighted by atomic mass is 16.4. The van der Waals surface area contributed by atoms with Gasteiger partial charge in [0.15, 0.2) is 0 Å². The van der Waals surface area contributed by atoms with Crippen LogP contribution < -0.4 is 5.32 Å². The van der Waals surface area contributed by atoms with Gasteiger partial charge in [0.05, 0.1) is 0 Å². The molecule has 4 nitrogen and oxygen atoms in total. The largest absolute Gasteiger partial charge is 0.478 e. The van der Waals surface area contributed by atoms with E-state index in [1.807, 2.05) is 19.9 Å². The summed E-state index contributed by atoms with van der Waals surface area (Å²) in [5.74, 6) is -1.11. The van der Waals surface area contributed by atoms with Crippen molar-refractivity contribution in [3.05, 3.63) is 47.1 Å². The fourth-order valence-electron chi connectivity index (χ4n) is 1.68. The molecule has 2 N–H and O–H groups in total. The van der Waals surface area contributed by atoms with Crippen LogP contribution in [0, 0.1) is 0 Å². The second-order valence-corrected chi connectivity index (χ2v) is 4.75. The molecule has 1 aromatic rings. The third-order valence-electron chi connectivity index (χ3n) is 2.59. The van der Waals surface area contributed by atoms with E-state index < -0.39 is 5.97 Å². The Bertz CT molecular complexity index is 567. The van der Waals surface area contributed by atoms with Crippen molar-refractivity contribution in [2.45, 2.75) is 27.2 Å². The van der Waals surface area contributed by atoms with E-state index in [9.17, 15) is 9.59 Å². The lowest BCUT2D eigenvalue weighted by Crippen LogP contribution is -2.08. The van der Waals surface area contributed by atoms with Gasteiger partial charge in [-0.15, -0.1) is 0 Å². The lowest BCUT2D eigenvalue weighted by atomic mass is 10.0. The van der Waals surface area contributed by atoms with E-state index in [0.717, 1.165) is 22.9 Å². The normalized spacial score (nSPS) is 10.3. The van der Waals surface area contributed by atoms with Crippen LogP contribution in [-0.2, 0) is 16.0 Å². The minimum atomic E-state index is -0.984. The molecule has 1 aromatic carbocycles. The van der Waals surface area contributed by atoms with Crippen LogP contribution in [0.5, 0.6) is 0 Å². The Morgan fingerprint density at radius 3 is 2.50 bits per heavy atom. The minimum absolute atomic E-state index is 0.128. The van der Waals surface area contributed by atoms with Gasteiger partial charge in [0.2, 0.25) is 5.91 Å². The zero-order valence-electron chi connectivity index (χ0n) is 11.9. The number of rotatable bonds is 5. The summed E-state index contributed by atoms with van der Waals surface area (Å²) in [6, 6.07) is 5.44. The fraction of sp³-hybridized carbons (Fsp3) is 0.250. The molecule has 0 bridgehead atoms. The van der Waals surface area contributed by atoms with Crippen LogP contribution in [0.2, 0.25) is 0 Å². The summed E-state index contributed by atoms with van der Waals surface area (Å²) >= 11 is 0. The highest BCUT2D eigenvalue weighted by molar-refractivity contribution is 5.90. The van der Waals surface area contributed by atoms with Crippen LogP contribution >= 0.6 is 0 Å². The van der Waals surface area contributed by atoms with E-state index in [0.29, 0.717) is 6.42 Å². The molecule has 0 aromatic heterocycles. The van der Waals surface area contributed by atoms with Gasteiger partial charge < -0.3 is 10.4 Å². The Labute approximate surface area is 118 Å². The molecule has 0 heterocycles. The Hall–Kier alpha value is -2.36. The number of nitrogens with one attached hydrogen (secondary N) is 1. The number of allylic oxidation sites excluding steroid dienone is 2. The molecule has 0 aliphatic carbocycles. The number of benzene rings is 1. The maximum Gasteiger partial charge on any atom is 0.328 e. The predicted octanol–water partition coefficient (Wildman–Crippen LogP) is 3.25. The SMILES string of the molecule is CC(=O)Nc1ccc(/C=C/C(=O)O)cc1CC=C(C)C. The van der Waals surface area contributed by atoms with Gasteiger partial charge in [-0.25, -0.2) is 4.79 Å². The molecule has 0 atom stereocenters.